The Morgan fingerprint density at radius 2 is 0.579 bits per heavy atom. The van der Waals surface area contributed by atoms with Crippen molar-refractivity contribution in [3.8, 4) is 0 Å². The van der Waals surface area contributed by atoms with Crippen LogP contribution in [0.25, 0.3) is 0 Å². The SMILES string of the molecule is C[Si](C)(C)[N]([Lu][N]([Si](C)(C)C)[Si](C)(C)C)[Si](C)(C)C. The van der Waals surface area contributed by atoms with Crippen LogP contribution in [0.4, 0.5) is 0 Å². The third kappa shape index (κ3) is 7.21. The molecule has 2 nitrogen and oxygen atoms in total. The molecule has 0 aliphatic carbocycles. The first kappa shape index (κ1) is 21.0. The monoisotopic (exact) mass is 495 g/mol. The quantitative estimate of drug-likeness (QED) is 0.487. The predicted molar refractivity (Wildman–Crippen MR) is 97.1 cm³/mol. The second kappa shape index (κ2) is 6.64. The summed E-state index contributed by atoms with van der Waals surface area (Å²) in [6.07, 6.45) is 0. The van der Waals surface area contributed by atoms with Crippen molar-refractivity contribution >= 4 is 32.9 Å². The summed E-state index contributed by atoms with van der Waals surface area (Å²) < 4.78 is 5.97. The van der Waals surface area contributed by atoms with Crippen LogP contribution in [0.2, 0.25) is 78.6 Å². The third-order valence-electron chi connectivity index (χ3n) is 2.14. The molecule has 125 valence electrons. The molecule has 0 radical (unpaired) electrons. The average molecular weight is 496 g/mol. The molecule has 0 heterocycles. The van der Waals surface area contributed by atoms with Gasteiger partial charge in [-0.2, -0.15) is 0 Å². The van der Waals surface area contributed by atoms with E-state index in [1.165, 1.54) is 0 Å². The Morgan fingerprint density at radius 1 is 0.421 bits per heavy atom. The minimum atomic E-state index is -1.23. The van der Waals surface area contributed by atoms with Crippen LogP contribution in [0, 0.1) is 33.8 Å². The van der Waals surface area contributed by atoms with Crippen molar-refractivity contribution < 1.29 is 33.8 Å². The van der Waals surface area contributed by atoms with Gasteiger partial charge in [0, 0.05) is 0 Å². The van der Waals surface area contributed by atoms with Gasteiger partial charge in [-0.25, -0.2) is 0 Å². The van der Waals surface area contributed by atoms with Crippen molar-refractivity contribution in [2.45, 2.75) is 78.6 Å². The van der Waals surface area contributed by atoms with E-state index in [0.717, 1.165) is 33.8 Å². The summed E-state index contributed by atoms with van der Waals surface area (Å²) in [7, 11) is -4.90. The minimum absolute atomic E-state index is 0.784. The van der Waals surface area contributed by atoms with Gasteiger partial charge in [-0.3, -0.25) is 0 Å². The Kier molecular flexibility index (Phi) is 7.35. The molecule has 0 amide bonds. The Bertz CT molecular complexity index is 239. The summed E-state index contributed by atoms with van der Waals surface area (Å²) in [4.78, 5) is 0. The molecule has 0 aliphatic rings. The molecule has 0 spiro atoms. The zero-order valence-electron chi connectivity index (χ0n) is 15.2. The third-order valence-corrected chi connectivity index (χ3v) is 29.8. The van der Waals surface area contributed by atoms with Gasteiger partial charge >= 0.3 is 147 Å². The Hall–Kier alpha value is 2.02. The van der Waals surface area contributed by atoms with E-state index in [1.807, 2.05) is 0 Å². The molecule has 0 aromatic rings. The van der Waals surface area contributed by atoms with Crippen LogP contribution in [0.3, 0.4) is 0 Å². The van der Waals surface area contributed by atoms with E-state index in [0.29, 0.717) is 0 Å². The van der Waals surface area contributed by atoms with E-state index in [4.69, 9.17) is 0 Å². The van der Waals surface area contributed by atoms with Gasteiger partial charge in [0.2, 0.25) is 0 Å². The van der Waals surface area contributed by atoms with Crippen LogP contribution < -0.4 is 0 Å². The van der Waals surface area contributed by atoms with Crippen molar-refractivity contribution in [2.75, 3.05) is 0 Å². The molecule has 19 heavy (non-hydrogen) atoms. The van der Waals surface area contributed by atoms with Gasteiger partial charge < -0.3 is 0 Å². The van der Waals surface area contributed by atoms with Crippen molar-refractivity contribution in [1.82, 2.24) is 1.66 Å². The van der Waals surface area contributed by atoms with Gasteiger partial charge in [0.05, 0.1) is 0 Å². The van der Waals surface area contributed by atoms with E-state index >= 15 is 0 Å². The molecular weight excluding hydrogens is 459 g/mol. The molecule has 0 aliphatic heterocycles. The molecule has 7 heteroatoms. The normalized spacial score (nSPS) is 15.7. The van der Waals surface area contributed by atoms with Crippen LogP contribution in [0.5, 0.6) is 0 Å². The summed E-state index contributed by atoms with van der Waals surface area (Å²) >= 11 is 0.784. The van der Waals surface area contributed by atoms with Gasteiger partial charge in [0.15, 0.2) is 0 Å². The standard InChI is InChI=1S/2C6H18NSi2.Lu/c2*1-8(2,3)7-9(4,5)6;/h2*1-6H3;/q2*-1;+2. The average Bonchev–Trinajstić information content (AvgIpc) is 1.91. The second-order valence-corrected chi connectivity index (χ2v) is 33.6. The Labute approximate surface area is 145 Å². The van der Waals surface area contributed by atoms with Gasteiger partial charge in [-0.15, -0.1) is 0 Å². The Balaban J connectivity index is 5.43. The molecule has 0 aromatic heterocycles. The van der Waals surface area contributed by atoms with E-state index in [9.17, 15) is 0 Å². The van der Waals surface area contributed by atoms with Crippen molar-refractivity contribution in [2.24, 2.45) is 0 Å². The van der Waals surface area contributed by atoms with Crippen LogP contribution in [-0.2, 0) is 0 Å². The van der Waals surface area contributed by atoms with Crippen LogP contribution in [0.15, 0.2) is 0 Å². The number of nitrogens with zero attached hydrogens (tertiary/aromatic N) is 2. The molecule has 0 atom stereocenters. The molecule has 0 fully saturated rings. The molecule has 0 bridgehead atoms. The van der Waals surface area contributed by atoms with Gasteiger partial charge in [-0.05, 0) is 0 Å². The predicted octanol–water partition coefficient (Wildman–Crippen LogP) is 4.85. The van der Waals surface area contributed by atoms with Gasteiger partial charge in [0.25, 0.3) is 0 Å². The number of rotatable bonds is 6. The molecule has 0 unspecified atom stereocenters. The maximum atomic E-state index is 2.98. The van der Waals surface area contributed by atoms with E-state index in [-0.39, 0.29) is 0 Å². The topological polar surface area (TPSA) is 6.48 Å². The van der Waals surface area contributed by atoms with E-state index in [2.05, 4.69) is 80.2 Å². The van der Waals surface area contributed by atoms with Gasteiger partial charge in [0.1, 0.15) is 0 Å². The summed E-state index contributed by atoms with van der Waals surface area (Å²) in [5.41, 5.74) is 0. The first-order valence-corrected chi connectivity index (χ1v) is 22.4. The molecule has 0 N–H and O–H groups in total. The summed E-state index contributed by atoms with van der Waals surface area (Å²) in [6, 6.07) is 0. The van der Waals surface area contributed by atoms with Crippen LogP contribution >= 0.6 is 0 Å². The second-order valence-electron chi connectivity index (χ2n) is 9.19. The molecular formula is C12H36LuN2Si4. The van der Waals surface area contributed by atoms with Crippen molar-refractivity contribution in [3.63, 3.8) is 0 Å². The fourth-order valence-electron chi connectivity index (χ4n) is 2.37. The summed E-state index contributed by atoms with van der Waals surface area (Å²) in [5, 5.41) is 0. The molecule has 0 aromatic carbocycles. The van der Waals surface area contributed by atoms with E-state index in [1.54, 1.807) is 0 Å². The number of hydrogen-bond acceptors (Lipinski definition) is 2. The first-order chi connectivity index (χ1) is 7.97. The van der Waals surface area contributed by atoms with Crippen molar-refractivity contribution in [1.29, 1.82) is 0 Å². The van der Waals surface area contributed by atoms with Crippen LogP contribution in [0.1, 0.15) is 0 Å². The molecule has 0 saturated carbocycles. The fraction of sp³-hybridized carbons (Fsp3) is 1.00. The first-order valence-electron chi connectivity index (χ1n) is 7.13. The van der Waals surface area contributed by atoms with Crippen molar-refractivity contribution in [3.05, 3.63) is 0 Å². The summed E-state index contributed by atoms with van der Waals surface area (Å²) in [5.74, 6) is 0. The van der Waals surface area contributed by atoms with Crippen LogP contribution in [-0.4, -0.2) is 34.6 Å². The zero-order chi connectivity index (χ0) is 15.9. The number of hydrogen-bond donors (Lipinski definition) is 0. The maximum absolute atomic E-state index is 2.98. The Morgan fingerprint density at radius 3 is 0.684 bits per heavy atom. The van der Waals surface area contributed by atoms with E-state index < -0.39 is 32.9 Å². The fourth-order valence-corrected chi connectivity index (χ4v) is 28.5. The summed E-state index contributed by atoms with van der Waals surface area (Å²) in [6.45, 7) is 30.3. The molecule has 0 saturated heterocycles. The zero-order valence-corrected chi connectivity index (χ0v) is 20.8. The molecule has 0 rings (SSSR count). The van der Waals surface area contributed by atoms with Gasteiger partial charge in [-0.1, -0.05) is 0 Å².